The lowest BCUT2D eigenvalue weighted by atomic mass is 10.2. The fourth-order valence-corrected chi connectivity index (χ4v) is 2.20. The van der Waals surface area contributed by atoms with Crippen LogP contribution in [0.5, 0.6) is 5.75 Å². The highest BCUT2D eigenvalue weighted by Crippen LogP contribution is 2.14. The van der Waals surface area contributed by atoms with Gasteiger partial charge in [-0.25, -0.2) is 14.4 Å². The van der Waals surface area contributed by atoms with Gasteiger partial charge in [0.15, 0.2) is 0 Å². The molecule has 2 rings (SSSR count). The van der Waals surface area contributed by atoms with E-state index in [1.54, 1.807) is 24.3 Å². The van der Waals surface area contributed by atoms with Crippen LogP contribution >= 0.6 is 0 Å². The summed E-state index contributed by atoms with van der Waals surface area (Å²) in [7, 11) is -7.69. The van der Waals surface area contributed by atoms with Gasteiger partial charge in [-0.15, -0.1) is 0 Å². The lowest BCUT2D eigenvalue weighted by Gasteiger charge is -1.95. The molecule has 0 aromatic heterocycles. The maximum Gasteiger partial charge on any atom is 0.339 e. The summed E-state index contributed by atoms with van der Waals surface area (Å²) >= 11 is 0. The summed E-state index contributed by atoms with van der Waals surface area (Å²) in [5.41, 5.74) is 0.889. The molecule has 258 valence electrons. The first-order valence-corrected chi connectivity index (χ1v) is 14.7. The number of para-hydroxylation sites is 1. The number of phenols is 1. The van der Waals surface area contributed by atoms with E-state index < -0.39 is 56.1 Å². The highest BCUT2D eigenvalue weighted by Gasteiger charge is 2.07. The molecule has 0 fully saturated rings. The van der Waals surface area contributed by atoms with Crippen LogP contribution in [-0.4, -0.2) is 104 Å². The second kappa shape index (κ2) is 25.0. The summed E-state index contributed by atoms with van der Waals surface area (Å²) < 4.78 is 55.4. The molecule has 0 saturated carbocycles. The topological polar surface area (TPSA) is 353 Å². The number of benzene rings is 2. The standard InChI is InChI=1S/C7H8O3S.C7H6O3.C4H6O4.C4H4O4.C2H4O2.CH4O3S/c1-6-2-4-7(5-3-6)11(8,9)10;8-6-4-2-1-3-5(6)7(9)10;2*5-3(6)1-2-4(7)8;1-2(3)4;1-5(2,3)4/h2-5H,1H3,(H,8,9,10);1-4,8H,(H,9,10);1-2H2,(H,5,6)(H,7,8);1-2H,(H,5,6)(H,7,8);1H3,(H,3,4);1H3,(H,2,3,4). The molecular weight excluding hydrogens is 668 g/mol. The number of carbonyl (C=O) groups is 6. The number of carboxylic acids is 6. The normalized spacial score (nSPS) is 9.67. The minimum Gasteiger partial charge on any atom is -0.507 e. The quantitative estimate of drug-likeness (QED) is 0.146. The Morgan fingerprint density at radius 1 is 0.674 bits per heavy atom. The molecular formula is C25H32O19S2. The predicted molar refractivity (Wildman–Crippen MR) is 156 cm³/mol. The van der Waals surface area contributed by atoms with Crippen molar-refractivity contribution >= 4 is 56.1 Å². The van der Waals surface area contributed by atoms with E-state index in [9.17, 15) is 40.8 Å². The van der Waals surface area contributed by atoms with Gasteiger partial charge in [0, 0.05) is 19.1 Å². The van der Waals surface area contributed by atoms with Crippen LogP contribution in [0.4, 0.5) is 0 Å². The third kappa shape index (κ3) is 43.1. The maximum absolute atomic E-state index is 10.5. The van der Waals surface area contributed by atoms with Gasteiger partial charge < -0.3 is 35.7 Å². The molecule has 0 aliphatic rings. The number of aromatic hydroxyl groups is 1. The van der Waals surface area contributed by atoms with Crippen LogP contribution < -0.4 is 0 Å². The van der Waals surface area contributed by atoms with Crippen molar-refractivity contribution in [3.05, 3.63) is 71.8 Å². The van der Waals surface area contributed by atoms with E-state index in [2.05, 4.69) is 0 Å². The van der Waals surface area contributed by atoms with E-state index in [4.69, 9.17) is 49.6 Å². The first-order valence-electron chi connectivity index (χ1n) is 11.5. The summed E-state index contributed by atoms with van der Waals surface area (Å²) in [6.07, 6.45) is 1.24. The third-order valence-corrected chi connectivity index (χ3v) is 4.24. The van der Waals surface area contributed by atoms with Crippen LogP contribution in [0, 0.1) is 6.92 Å². The summed E-state index contributed by atoms with van der Waals surface area (Å²) in [5, 5.41) is 56.1. The molecule has 9 N–H and O–H groups in total. The van der Waals surface area contributed by atoms with Crippen molar-refractivity contribution in [2.75, 3.05) is 6.26 Å². The molecule has 0 atom stereocenters. The second-order valence-electron chi connectivity index (χ2n) is 7.66. The van der Waals surface area contributed by atoms with Gasteiger partial charge in [-0.3, -0.25) is 23.5 Å². The van der Waals surface area contributed by atoms with Crippen molar-refractivity contribution in [2.45, 2.75) is 31.6 Å². The molecule has 46 heavy (non-hydrogen) atoms. The van der Waals surface area contributed by atoms with E-state index in [1.807, 2.05) is 6.92 Å². The molecule has 19 nitrogen and oxygen atoms in total. The minimum atomic E-state index is -4.02. The van der Waals surface area contributed by atoms with Gasteiger partial charge in [0.1, 0.15) is 11.3 Å². The van der Waals surface area contributed by atoms with Gasteiger partial charge in [-0.05, 0) is 31.2 Å². The molecule has 0 radical (unpaired) electrons. The largest absolute Gasteiger partial charge is 0.507 e. The van der Waals surface area contributed by atoms with Gasteiger partial charge in [0.05, 0.1) is 24.0 Å². The maximum atomic E-state index is 10.5. The fraction of sp³-hybridized carbons (Fsp3) is 0.200. The van der Waals surface area contributed by atoms with Gasteiger partial charge in [0.2, 0.25) is 0 Å². The molecule has 0 spiro atoms. The third-order valence-electron chi connectivity index (χ3n) is 3.37. The Labute approximate surface area is 261 Å². The SMILES string of the molecule is CC(=O)O.CS(=O)(=O)O.Cc1ccc(S(=O)(=O)O)cc1.O=C(O)C=CC(=O)O.O=C(O)CCC(=O)O.O=C(O)c1ccccc1O. The summed E-state index contributed by atoms with van der Waals surface area (Å²) in [4.78, 5) is 57.6. The highest BCUT2D eigenvalue weighted by atomic mass is 32.2. The summed E-state index contributed by atoms with van der Waals surface area (Å²) in [6.45, 7) is 2.92. The van der Waals surface area contributed by atoms with Crippen molar-refractivity contribution < 1.29 is 90.5 Å². The molecule has 0 aliphatic heterocycles. The molecule has 2 aromatic rings. The first kappa shape index (κ1) is 47.5. The van der Waals surface area contributed by atoms with Crippen molar-refractivity contribution in [3.63, 3.8) is 0 Å². The Bertz CT molecular complexity index is 1480. The Morgan fingerprint density at radius 2 is 1.00 bits per heavy atom. The summed E-state index contributed by atoms with van der Waals surface area (Å²) in [5.74, 6) is -6.81. The molecule has 0 bridgehead atoms. The van der Waals surface area contributed by atoms with E-state index in [0.29, 0.717) is 18.4 Å². The molecule has 0 unspecified atom stereocenters. The van der Waals surface area contributed by atoms with Crippen LogP contribution in [0.3, 0.4) is 0 Å². The van der Waals surface area contributed by atoms with Crippen molar-refractivity contribution in [1.82, 2.24) is 0 Å². The van der Waals surface area contributed by atoms with E-state index in [1.165, 1.54) is 24.3 Å². The predicted octanol–water partition coefficient (Wildman–Crippen LogP) is 1.57. The number of carboxylic acid groups (broad SMARTS) is 6. The minimum absolute atomic E-state index is 0.0666. The average molecular weight is 701 g/mol. The number of hydrogen-bond donors (Lipinski definition) is 9. The molecule has 0 aliphatic carbocycles. The van der Waals surface area contributed by atoms with Crippen LogP contribution in [0.25, 0.3) is 0 Å². The Morgan fingerprint density at radius 3 is 1.22 bits per heavy atom. The van der Waals surface area contributed by atoms with E-state index in [-0.39, 0.29) is 29.1 Å². The Hall–Kier alpha value is -5.38. The fourth-order valence-electron chi connectivity index (χ4n) is 1.72. The van der Waals surface area contributed by atoms with Crippen LogP contribution in [0.2, 0.25) is 0 Å². The Balaban J connectivity index is -0.000000237. The first-order chi connectivity index (χ1) is 20.7. The number of aryl methyl sites for hydroxylation is 1. The number of hydrogen-bond acceptors (Lipinski definition) is 11. The molecule has 21 heteroatoms. The van der Waals surface area contributed by atoms with E-state index in [0.717, 1.165) is 12.5 Å². The summed E-state index contributed by atoms with van der Waals surface area (Å²) in [6, 6.07) is 11.8. The van der Waals surface area contributed by atoms with Crippen LogP contribution in [0.1, 0.15) is 35.7 Å². The van der Waals surface area contributed by atoms with Crippen molar-refractivity contribution in [2.24, 2.45) is 0 Å². The molecule has 0 amide bonds. The second-order valence-corrected chi connectivity index (χ2v) is 10.5. The zero-order chi connectivity index (χ0) is 37.3. The zero-order valence-corrected chi connectivity index (χ0v) is 25.7. The van der Waals surface area contributed by atoms with Gasteiger partial charge in [-0.1, -0.05) is 29.8 Å². The van der Waals surface area contributed by atoms with Gasteiger partial charge in [0.25, 0.3) is 26.2 Å². The zero-order valence-electron chi connectivity index (χ0n) is 24.1. The Kier molecular flexibility index (Phi) is 25.8. The van der Waals surface area contributed by atoms with Crippen LogP contribution in [0.15, 0.2) is 65.6 Å². The lowest BCUT2D eigenvalue weighted by Crippen LogP contribution is -2.00. The molecule has 0 heterocycles. The van der Waals surface area contributed by atoms with Crippen molar-refractivity contribution in [3.8, 4) is 5.75 Å². The van der Waals surface area contributed by atoms with Crippen molar-refractivity contribution in [1.29, 1.82) is 0 Å². The van der Waals surface area contributed by atoms with Crippen LogP contribution in [-0.2, 0) is 44.2 Å². The van der Waals surface area contributed by atoms with Gasteiger partial charge >= 0.3 is 29.8 Å². The van der Waals surface area contributed by atoms with Gasteiger partial charge in [-0.2, -0.15) is 16.8 Å². The smallest absolute Gasteiger partial charge is 0.339 e. The average Bonchev–Trinajstić information content (AvgIpc) is 2.86. The number of aromatic carboxylic acids is 1. The molecule has 0 saturated heterocycles. The number of aliphatic carboxylic acids is 5. The number of rotatable bonds is 7. The monoisotopic (exact) mass is 700 g/mol. The highest BCUT2D eigenvalue weighted by molar-refractivity contribution is 7.85. The lowest BCUT2D eigenvalue weighted by molar-refractivity contribution is -0.143. The van der Waals surface area contributed by atoms with E-state index >= 15 is 0 Å². The molecule has 2 aromatic carbocycles.